The molecule has 1 heterocycles. The monoisotopic (exact) mass is 323 g/mol. The summed E-state index contributed by atoms with van der Waals surface area (Å²) in [6.45, 7) is 0.946. The third-order valence-corrected chi connectivity index (χ3v) is 4.12. The number of likely N-dealkylation sites (N-methyl/N-ethyl adjacent to an activating group) is 1. The molecule has 2 aromatic carbocycles. The van der Waals surface area contributed by atoms with Gasteiger partial charge in [0.1, 0.15) is 0 Å². The van der Waals surface area contributed by atoms with Crippen molar-refractivity contribution < 1.29 is 9.59 Å². The van der Waals surface area contributed by atoms with Gasteiger partial charge in [0.25, 0.3) is 0 Å². The van der Waals surface area contributed by atoms with Crippen LogP contribution in [0.1, 0.15) is 12.8 Å². The molecule has 2 aromatic rings. The number of rotatable bonds is 5. The van der Waals surface area contributed by atoms with Crippen LogP contribution in [-0.2, 0) is 9.59 Å². The topological polar surface area (TPSA) is 52.7 Å². The van der Waals surface area contributed by atoms with E-state index < -0.39 is 0 Å². The number of benzene rings is 2. The standard InChI is InChI=1S/C19H21N3O2/c1-21(15-8-3-2-4-9-15)14-18(23)20-16-10-5-6-11-17(16)22-13-7-12-19(22)24/h2-6,8-11H,7,12-14H2,1H3,(H,20,23). The molecule has 0 atom stereocenters. The molecule has 0 aromatic heterocycles. The molecule has 0 spiro atoms. The molecule has 0 saturated carbocycles. The fraction of sp³-hybridized carbons (Fsp3) is 0.263. The number of carbonyl (C=O) groups excluding carboxylic acids is 2. The lowest BCUT2D eigenvalue weighted by molar-refractivity contribution is -0.117. The quantitative estimate of drug-likeness (QED) is 0.920. The van der Waals surface area contributed by atoms with E-state index in [0.29, 0.717) is 18.7 Å². The van der Waals surface area contributed by atoms with Crippen molar-refractivity contribution in [3.63, 3.8) is 0 Å². The zero-order valence-electron chi connectivity index (χ0n) is 13.7. The van der Waals surface area contributed by atoms with E-state index >= 15 is 0 Å². The minimum atomic E-state index is -0.111. The Morgan fingerprint density at radius 2 is 1.83 bits per heavy atom. The maximum Gasteiger partial charge on any atom is 0.243 e. The first kappa shape index (κ1) is 16.1. The first-order valence-electron chi connectivity index (χ1n) is 8.10. The summed E-state index contributed by atoms with van der Waals surface area (Å²) in [5.74, 6) is -0.00134. The molecule has 1 fully saturated rings. The van der Waals surface area contributed by atoms with Gasteiger partial charge in [-0.05, 0) is 30.7 Å². The molecular weight excluding hydrogens is 302 g/mol. The van der Waals surface area contributed by atoms with Gasteiger partial charge in [0.05, 0.1) is 17.9 Å². The van der Waals surface area contributed by atoms with Crippen molar-refractivity contribution in [3.8, 4) is 0 Å². The Bertz CT molecular complexity index is 730. The summed E-state index contributed by atoms with van der Waals surface area (Å²) < 4.78 is 0. The van der Waals surface area contributed by atoms with Gasteiger partial charge in [0.2, 0.25) is 11.8 Å². The maximum absolute atomic E-state index is 12.4. The highest BCUT2D eigenvalue weighted by atomic mass is 16.2. The zero-order valence-corrected chi connectivity index (χ0v) is 13.7. The minimum Gasteiger partial charge on any atom is -0.365 e. The summed E-state index contributed by atoms with van der Waals surface area (Å²) in [5, 5.41) is 2.93. The van der Waals surface area contributed by atoms with Gasteiger partial charge in [0.15, 0.2) is 0 Å². The Kier molecular flexibility index (Phi) is 4.79. The second kappa shape index (κ2) is 7.17. The largest absolute Gasteiger partial charge is 0.365 e. The van der Waals surface area contributed by atoms with Crippen LogP contribution >= 0.6 is 0 Å². The van der Waals surface area contributed by atoms with Crippen LogP contribution in [0.2, 0.25) is 0 Å². The average molecular weight is 323 g/mol. The van der Waals surface area contributed by atoms with E-state index in [4.69, 9.17) is 0 Å². The van der Waals surface area contributed by atoms with Crippen LogP contribution in [0.25, 0.3) is 0 Å². The van der Waals surface area contributed by atoms with Gasteiger partial charge < -0.3 is 15.1 Å². The van der Waals surface area contributed by atoms with Gasteiger partial charge >= 0.3 is 0 Å². The van der Waals surface area contributed by atoms with Crippen LogP contribution in [0.3, 0.4) is 0 Å². The van der Waals surface area contributed by atoms with Crippen molar-refractivity contribution >= 4 is 28.9 Å². The van der Waals surface area contributed by atoms with Gasteiger partial charge in [-0.3, -0.25) is 9.59 Å². The number of hydrogen-bond acceptors (Lipinski definition) is 3. The summed E-state index contributed by atoms with van der Waals surface area (Å²) in [6.07, 6.45) is 1.43. The van der Waals surface area contributed by atoms with E-state index in [2.05, 4.69) is 5.32 Å². The molecule has 124 valence electrons. The Labute approximate surface area is 141 Å². The molecule has 0 unspecified atom stereocenters. The van der Waals surface area contributed by atoms with Crippen molar-refractivity contribution in [1.29, 1.82) is 0 Å². The molecule has 5 heteroatoms. The summed E-state index contributed by atoms with van der Waals surface area (Å²) >= 11 is 0. The van der Waals surface area contributed by atoms with E-state index in [1.165, 1.54) is 0 Å². The second-order valence-corrected chi connectivity index (χ2v) is 5.91. The van der Waals surface area contributed by atoms with Crippen molar-refractivity contribution in [2.75, 3.05) is 35.3 Å². The highest BCUT2D eigenvalue weighted by Gasteiger charge is 2.24. The van der Waals surface area contributed by atoms with Crippen molar-refractivity contribution in [1.82, 2.24) is 0 Å². The fourth-order valence-corrected chi connectivity index (χ4v) is 2.90. The van der Waals surface area contributed by atoms with E-state index in [1.54, 1.807) is 4.90 Å². The molecule has 5 nitrogen and oxygen atoms in total. The predicted octanol–water partition coefficient (Wildman–Crippen LogP) is 2.89. The number of anilines is 3. The normalized spacial score (nSPS) is 13.9. The highest BCUT2D eigenvalue weighted by molar-refractivity contribution is 6.02. The maximum atomic E-state index is 12.4. The van der Waals surface area contributed by atoms with Crippen LogP contribution in [0.4, 0.5) is 17.1 Å². The van der Waals surface area contributed by atoms with E-state index in [-0.39, 0.29) is 18.4 Å². The van der Waals surface area contributed by atoms with Crippen LogP contribution in [0, 0.1) is 0 Å². The number of nitrogens with one attached hydrogen (secondary N) is 1. The van der Waals surface area contributed by atoms with Gasteiger partial charge in [-0.15, -0.1) is 0 Å². The van der Waals surface area contributed by atoms with Gasteiger partial charge in [0, 0.05) is 25.7 Å². The number of para-hydroxylation sites is 3. The second-order valence-electron chi connectivity index (χ2n) is 5.91. The molecular formula is C19H21N3O2. The molecule has 0 bridgehead atoms. The van der Waals surface area contributed by atoms with Crippen LogP contribution in [0.5, 0.6) is 0 Å². The summed E-state index contributed by atoms with van der Waals surface area (Å²) in [5.41, 5.74) is 2.44. The lowest BCUT2D eigenvalue weighted by Crippen LogP contribution is -2.31. The summed E-state index contributed by atoms with van der Waals surface area (Å²) in [4.78, 5) is 28.0. The van der Waals surface area contributed by atoms with Gasteiger partial charge in [-0.25, -0.2) is 0 Å². The number of carbonyl (C=O) groups is 2. The molecule has 0 radical (unpaired) electrons. The zero-order chi connectivity index (χ0) is 16.9. The van der Waals surface area contributed by atoms with Crippen molar-refractivity contribution in [2.45, 2.75) is 12.8 Å². The molecule has 2 amide bonds. The van der Waals surface area contributed by atoms with Crippen molar-refractivity contribution in [3.05, 3.63) is 54.6 Å². The fourth-order valence-electron chi connectivity index (χ4n) is 2.90. The molecule has 3 rings (SSSR count). The number of amides is 2. The average Bonchev–Trinajstić information content (AvgIpc) is 3.02. The Morgan fingerprint density at radius 1 is 1.12 bits per heavy atom. The molecule has 0 aliphatic carbocycles. The first-order chi connectivity index (χ1) is 11.6. The summed E-state index contributed by atoms with van der Waals surface area (Å²) in [7, 11) is 1.88. The smallest absolute Gasteiger partial charge is 0.243 e. The Balaban J connectivity index is 1.70. The van der Waals surface area contributed by atoms with Crippen LogP contribution in [0.15, 0.2) is 54.6 Å². The van der Waals surface area contributed by atoms with Gasteiger partial charge in [-0.1, -0.05) is 30.3 Å². The lowest BCUT2D eigenvalue weighted by atomic mass is 10.2. The third-order valence-electron chi connectivity index (χ3n) is 4.12. The van der Waals surface area contributed by atoms with Gasteiger partial charge in [-0.2, -0.15) is 0 Å². The first-order valence-corrected chi connectivity index (χ1v) is 8.10. The highest BCUT2D eigenvalue weighted by Crippen LogP contribution is 2.29. The predicted molar refractivity (Wildman–Crippen MR) is 96.4 cm³/mol. The number of nitrogens with zero attached hydrogens (tertiary/aromatic N) is 2. The van der Waals surface area contributed by atoms with Crippen LogP contribution in [-0.4, -0.2) is 32.0 Å². The van der Waals surface area contributed by atoms with E-state index in [9.17, 15) is 9.59 Å². The summed E-state index contributed by atoms with van der Waals surface area (Å²) in [6, 6.07) is 17.2. The molecule has 1 N–H and O–H groups in total. The minimum absolute atomic E-state index is 0.109. The van der Waals surface area contributed by atoms with Crippen molar-refractivity contribution in [2.24, 2.45) is 0 Å². The van der Waals surface area contributed by atoms with E-state index in [0.717, 1.165) is 17.8 Å². The Hall–Kier alpha value is -2.82. The number of hydrogen-bond donors (Lipinski definition) is 1. The molecule has 1 aliphatic heterocycles. The lowest BCUT2D eigenvalue weighted by Gasteiger charge is -2.22. The molecule has 1 aliphatic rings. The Morgan fingerprint density at radius 3 is 2.54 bits per heavy atom. The molecule has 24 heavy (non-hydrogen) atoms. The third kappa shape index (κ3) is 3.56. The van der Waals surface area contributed by atoms with E-state index in [1.807, 2.05) is 66.5 Å². The van der Waals surface area contributed by atoms with Crippen LogP contribution < -0.4 is 15.1 Å². The molecule has 1 saturated heterocycles. The SMILES string of the molecule is CN(CC(=O)Nc1ccccc1N1CCCC1=O)c1ccccc1.